The molecular weight excluding hydrogens is 194 g/mol. The number of ketones is 1. The molecule has 0 fully saturated rings. The summed E-state index contributed by atoms with van der Waals surface area (Å²) in [6.45, 7) is 1.20. The van der Waals surface area contributed by atoms with E-state index in [-0.39, 0.29) is 18.0 Å². The minimum atomic E-state index is -1.22. The number of carbonyl (C=O) groups is 3. The largest absolute Gasteiger partial charge is 0.480 e. The zero-order valence-corrected chi connectivity index (χ0v) is 8.01. The van der Waals surface area contributed by atoms with Crippen molar-refractivity contribution in [3.05, 3.63) is 0 Å². The highest BCUT2D eigenvalue weighted by Crippen LogP contribution is 1.95. The number of nitrogens with one attached hydrogen (secondary N) is 1. The second-order valence-corrected chi connectivity index (χ2v) is 2.81. The van der Waals surface area contributed by atoms with Crippen molar-refractivity contribution in [2.24, 2.45) is 0 Å². The Balaban J connectivity index is 4.18. The Morgan fingerprint density at radius 2 is 2.00 bits per heavy atom. The summed E-state index contributed by atoms with van der Waals surface area (Å²) in [6.07, 6.45) is -0.224. The standard InChI is InChI=1S/C7H11NO4S/c1-4(9)8-6(7(11)12)2-5(10)3-13/h6,13H,2-3H2,1H3,(H,8,9)(H,11,12). The molecule has 1 unspecified atom stereocenters. The zero-order chi connectivity index (χ0) is 10.4. The van der Waals surface area contributed by atoms with Gasteiger partial charge in [-0.2, -0.15) is 12.6 Å². The maximum absolute atomic E-state index is 10.8. The van der Waals surface area contributed by atoms with Crippen LogP contribution in [0.2, 0.25) is 0 Å². The van der Waals surface area contributed by atoms with Gasteiger partial charge < -0.3 is 10.4 Å². The van der Waals surface area contributed by atoms with Gasteiger partial charge in [-0.1, -0.05) is 0 Å². The van der Waals surface area contributed by atoms with Gasteiger partial charge in [0.25, 0.3) is 0 Å². The van der Waals surface area contributed by atoms with Gasteiger partial charge in [-0.05, 0) is 0 Å². The van der Waals surface area contributed by atoms with E-state index in [1.807, 2.05) is 0 Å². The van der Waals surface area contributed by atoms with E-state index in [4.69, 9.17) is 5.11 Å². The minimum Gasteiger partial charge on any atom is -0.480 e. The molecule has 0 aliphatic rings. The first kappa shape index (κ1) is 12.0. The van der Waals surface area contributed by atoms with Gasteiger partial charge in [0.15, 0.2) is 0 Å². The second kappa shape index (κ2) is 5.58. The second-order valence-electron chi connectivity index (χ2n) is 2.49. The predicted octanol–water partition coefficient (Wildman–Crippen LogP) is -0.535. The summed E-state index contributed by atoms with van der Waals surface area (Å²) in [5.41, 5.74) is 0. The molecule has 0 aliphatic carbocycles. The summed E-state index contributed by atoms with van der Waals surface area (Å²) in [5, 5.41) is 10.7. The Hall–Kier alpha value is -1.04. The number of carboxylic acid groups (broad SMARTS) is 1. The van der Waals surface area contributed by atoms with Crippen LogP contribution in [0.1, 0.15) is 13.3 Å². The molecule has 0 rings (SSSR count). The van der Waals surface area contributed by atoms with Crippen LogP contribution in [0.5, 0.6) is 0 Å². The Labute approximate surface area is 80.9 Å². The van der Waals surface area contributed by atoms with Gasteiger partial charge >= 0.3 is 5.97 Å². The average Bonchev–Trinajstić information content (AvgIpc) is 2.02. The number of carbonyl (C=O) groups excluding carboxylic acids is 2. The molecule has 0 saturated carbocycles. The van der Waals surface area contributed by atoms with Crippen molar-refractivity contribution in [1.29, 1.82) is 0 Å². The molecule has 0 aromatic heterocycles. The first-order valence-corrected chi connectivity index (χ1v) is 4.23. The summed E-state index contributed by atoms with van der Waals surface area (Å²) in [7, 11) is 0. The zero-order valence-electron chi connectivity index (χ0n) is 7.11. The lowest BCUT2D eigenvalue weighted by molar-refractivity contribution is -0.142. The number of rotatable bonds is 5. The minimum absolute atomic E-state index is 0.0244. The van der Waals surface area contributed by atoms with Crippen LogP contribution in [0.3, 0.4) is 0 Å². The Kier molecular flexibility index (Phi) is 5.13. The van der Waals surface area contributed by atoms with Crippen molar-refractivity contribution in [1.82, 2.24) is 5.32 Å². The van der Waals surface area contributed by atoms with E-state index >= 15 is 0 Å². The molecule has 74 valence electrons. The first-order valence-electron chi connectivity index (χ1n) is 3.59. The molecule has 0 radical (unpaired) electrons. The predicted molar refractivity (Wildman–Crippen MR) is 48.7 cm³/mol. The number of amides is 1. The lowest BCUT2D eigenvalue weighted by Crippen LogP contribution is -2.41. The highest BCUT2D eigenvalue weighted by atomic mass is 32.1. The lowest BCUT2D eigenvalue weighted by atomic mass is 10.1. The number of carboxylic acids is 1. The molecule has 5 nitrogen and oxygen atoms in total. The molecule has 0 saturated heterocycles. The van der Waals surface area contributed by atoms with E-state index in [9.17, 15) is 14.4 Å². The van der Waals surface area contributed by atoms with E-state index in [1.165, 1.54) is 6.92 Å². The Bertz CT molecular complexity index is 229. The third kappa shape index (κ3) is 5.24. The number of hydrogen-bond donors (Lipinski definition) is 3. The van der Waals surface area contributed by atoms with Crippen molar-refractivity contribution in [2.45, 2.75) is 19.4 Å². The van der Waals surface area contributed by atoms with Crippen LogP contribution in [-0.4, -0.2) is 34.6 Å². The van der Waals surface area contributed by atoms with Crippen LogP contribution >= 0.6 is 12.6 Å². The quantitative estimate of drug-likeness (QED) is 0.527. The lowest BCUT2D eigenvalue weighted by Gasteiger charge is -2.10. The summed E-state index contributed by atoms with van der Waals surface area (Å²) in [6, 6.07) is -1.14. The van der Waals surface area contributed by atoms with Gasteiger partial charge in [0.1, 0.15) is 11.8 Å². The van der Waals surface area contributed by atoms with Crippen molar-refractivity contribution < 1.29 is 19.5 Å². The van der Waals surface area contributed by atoms with Gasteiger partial charge in [-0.15, -0.1) is 0 Å². The monoisotopic (exact) mass is 205 g/mol. The van der Waals surface area contributed by atoms with Crippen LogP contribution in [0.25, 0.3) is 0 Å². The van der Waals surface area contributed by atoms with Crippen molar-refractivity contribution >= 4 is 30.3 Å². The molecule has 0 heterocycles. The van der Waals surface area contributed by atoms with Crippen molar-refractivity contribution in [3.63, 3.8) is 0 Å². The molecule has 0 bridgehead atoms. The SMILES string of the molecule is CC(=O)NC(CC(=O)CS)C(=O)O. The molecule has 1 amide bonds. The fraction of sp³-hybridized carbons (Fsp3) is 0.571. The fourth-order valence-electron chi connectivity index (χ4n) is 0.738. The highest BCUT2D eigenvalue weighted by Gasteiger charge is 2.20. The van der Waals surface area contributed by atoms with Crippen LogP contribution in [0.4, 0.5) is 0 Å². The maximum Gasteiger partial charge on any atom is 0.326 e. The number of thiol groups is 1. The van der Waals surface area contributed by atoms with Crippen molar-refractivity contribution in [3.8, 4) is 0 Å². The highest BCUT2D eigenvalue weighted by molar-refractivity contribution is 7.81. The third-order valence-corrected chi connectivity index (χ3v) is 1.64. The smallest absolute Gasteiger partial charge is 0.326 e. The van der Waals surface area contributed by atoms with Crippen LogP contribution in [-0.2, 0) is 14.4 Å². The van der Waals surface area contributed by atoms with Gasteiger partial charge in [0, 0.05) is 19.1 Å². The Morgan fingerprint density at radius 3 is 2.31 bits per heavy atom. The first-order chi connectivity index (χ1) is 5.97. The average molecular weight is 205 g/mol. The summed E-state index contributed by atoms with van der Waals surface area (Å²) < 4.78 is 0. The van der Waals surface area contributed by atoms with E-state index in [0.29, 0.717) is 0 Å². The maximum atomic E-state index is 10.8. The van der Waals surface area contributed by atoms with Crippen LogP contribution in [0, 0.1) is 0 Å². The van der Waals surface area contributed by atoms with Gasteiger partial charge in [-0.3, -0.25) is 9.59 Å². The third-order valence-electron chi connectivity index (χ3n) is 1.28. The molecule has 0 spiro atoms. The van der Waals surface area contributed by atoms with Crippen LogP contribution in [0.15, 0.2) is 0 Å². The van der Waals surface area contributed by atoms with E-state index in [2.05, 4.69) is 17.9 Å². The molecule has 13 heavy (non-hydrogen) atoms. The van der Waals surface area contributed by atoms with Gasteiger partial charge in [0.2, 0.25) is 5.91 Å². The molecule has 0 aromatic rings. The van der Waals surface area contributed by atoms with E-state index < -0.39 is 17.9 Å². The van der Waals surface area contributed by atoms with E-state index in [1.54, 1.807) is 0 Å². The summed E-state index contributed by atoms with van der Waals surface area (Å²) >= 11 is 3.69. The molecule has 6 heteroatoms. The summed E-state index contributed by atoms with van der Waals surface area (Å²) in [4.78, 5) is 31.8. The normalized spacial score (nSPS) is 11.8. The molecule has 1 atom stereocenters. The molecule has 2 N–H and O–H groups in total. The van der Waals surface area contributed by atoms with Gasteiger partial charge in [0.05, 0.1) is 0 Å². The Morgan fingerprint density at radius 1 is 1.46 bits per heavy atom. The van der Waals surface area contributed by atoms with E-state index in [0.717, 1.165) is 0 Å². The topological polar surface area (TPSA) is 83.5 Å². The molecular formula is C7H11NO4S. The number of Topliss-reactive ketones (excluding diaryl/α,β-unsaturated/α-hetero) is 1. The van der Waals surface area contributed by atoms with Crippen LogP contribution < -0.4 is 5.32 Å². The molecule has 0 aliphatic heterocycles. The summed E-state index contributed by atoms with van der Waals surface area (Å²) in [5.74, 6) is -2.03. The number of hydrogen-bond acceptors (Lipinski definition) is 4. The molecule has 0 aromatic carbocycles. The van der Waals surface area contributed by atoms with Crippen molar-refractivity contribution in [2.75, 3.05) is 5.75 Å². The number of aliphatic carboxylic acids is 1. The van der Waals surface area contributed by atoms with Gasteiger partial charge in [-0.25, -0.2) is 4.79 Å². The fourth-order valence-corrected chi connectivity index (χ4v) is 0.867.